The summed E-state index contributed by atoms with van der Waals surface area (Å²) in [4.78, 5) is 0. The van der Waals surface area contributed by atoms with Gasteiger partial charge >= 0.3 is 6.36 Å². The Labute approximate surface area is 220 Å². The molecular formula is C29H26F8O2. The molecule has 0 radical (unpaired) electrons. The largest absolute Gasteiger partial charge is 0.573 e. The molecule has 0 bridgehead atoms. The highest BCUT2D eigenvalue weighted by Gasteiger charge is 2.35. The standard InChI is InChI=1S/C29H26F8O2/c1-3-6-16-9-11-17(12-10-16)23-26(34)24(32)15(2)25(33)28(23)38-22-8-5-4-7-19(22)18-13-20(30)27(21(31)14-18)39-29(35,36)37/h4-5,7-8,13-14,16-17H,3,6,9-12H2,1-2H3. The molecule has 0 aliphatic heterocycles. The number of alkyl halides is 3. The average Bonchev–Trinajstić information content (AvgIpc) is 2.89. The normalized spacial score (nSPS) is 17.8. The van der Waals surface area contributed by atoms with Crippen molar-refractivity contribution in [2.45, 2.75) is 64.7 Å². The Morgan fingerprint density at radius 3 is 2.03 bits per heavy atom. The summed E-state index contributed by atoms with van der Waals surface area (Å²) in [5.74, 6) is -9.30. The van der Waals surface area contributed by atoms with Gasteiger partial charge in [-0.1, -0.05) is 38.0 Å². The second-order valence-electron chi connectivity index (χ2n) is 9.73. The van der Waals surface area contributed by atoms with Crippen LogP contribution in [-0.4, -0.2) is 6.36 Å². The molecule has 0 aromatic heterocycles. The second kappa shape index (κ2) is 11.4. The Kier molecular flexibility index (Phi) is 8.42. The topological polar surface area (TPSA) is 18.5 Å². The van der Waals surface area contributed by atoms with E-state index >= 15 is 8.78 Å². The molecule has 4 rings (SSSR count). The van der Waals surface area contributed by atoms with Gasteiger partial charge in [-0.25, -0.2) is 22.0 Å². The van der Waals surface area contributed by atoms with Crippen molar-refractivity contribution in [1.82, 2.24) is 0 Å². The highest BCUT2D eigenvalue weighted by atomic mass is 19.4. The first-order valence-corrected chi connectivity index (χ1v) is 12.6. The summed E-state index contributed by atoms with van der Waals surface area (Å²) in [6, 6.07) is 6.80. The summed E-state index contributed by atoms with van der Waals surface area (Å²) >= 11 is 0. The minimum absolute atomic E-state index is 0.0201. The Bertz CT molecular complexity index is 1320. The molecule has 0 heterocycles. The van der Waals surface area contributed by atoms with Crippen LogP contribution in [0.1, 0.15) is 62.5 Å². The van der Waals surface area contributed by atoms with Gasteiger partial charge in [-0.2, -0.15) is 0 Å². The van der Waals surface area contributed by atoms with E-state index in [1.54, 1.807) is 0 Å². The molecule has 1 fully saturated rings. The molecule has 1 aliphatic rings. The third-order valence-corrected chi connectivity index (χ3v) is 7.11. The van der Waals surface area contributed by atoms with Crippen molar-refractivity contribution >= 4 is 0 Å². The highest BCUT2D eigenvalue weighted by molar-refractivity contribution is 5.72. The van der Waals surface area contributed by atoms with Crippen LogP contribution in [-0.2, 0) is 0 Å². The number of para-hydroxylation sites is 1. The molecule has 0 atom stereocenters. The minimum atomic E-state index is -5.32. The van der Waals surface area contributed by atoms with Crippen molar-refractivity contribution in [1.29, 1.82) is 0 Å². The third-order valence-electron chi connectivity index (χ3n) is 7.11. The lowest BCUT2D eigenvalue weighted by Crippen LogP contribution is -2.19. The van der Waals surface area contributed by atoms with Gasteiger partial charge in [-0.3, -0.25) is 0 Å². The Morgan fingerprint density at radius 2 is 1.44 bits per heavy atom. The van der Waals surface area contributed by atoms with Crippen LogP contribution in [0.25, 0.3) is 11.1 Å². The van der Waals surface area contributed by atoms with Crippen molar-refractivity contribution in [2.75, 3.05) is 0 Å². The van der Waals surface area contributed by atoms with E-state index in [0.29, 0.717) is 30.9 Å². The summed E-state index contributed by atoms with van der Waals surface area (Å²) < 4.78 is 121. The fourth-order valence-corrected chi connectivity index (χ4v) is 5.21. The van der Waals surface area contributed by atoms with Gasteiger partial charge < -0.3 is 9.47 Å². The van der Waals surface area contributed by atoms with Gasteiger partial charge in [0.15, 0.2) is 34.8 Å². The fourth-order valence-electron chi connectivity index (χ4n) is 5.21. The molecule has 210 valence electrons. The van der Waals surface area contributed by atoms with Crippen LogP contribution in [0, 0.1) is 41.9 Å². The molecule has 0 unspecified atom stereocenters. The first-order valence-electron chi connectivity index (χ1n) is 12.6. The number of hydrogen-bond acceptors (Lipinski definition) is 2. The van der Waals surface area contributed by atoms with Gasteiger partial charge in [0.25, 0.3) is 0 Å². The van der Waals surface area contributed by atoms with E-state index in [1.165, 1.54) is 24.3 Å². The number of hydrogen-bond donors (Lipinski definition) is 0. The van der Waals surface area contributed by atoms with Crippen molar-refractivity contribution in [2.24, 2.45) is 5.92 Å². The minimum Gasteiger partial charge on any atom is -0.453 e. The second-order valence-corrected chi connectivity index (χ2v) is 9.73. The molecule has 1 saturated carbocycles. The quantitative estimate of drug-likeness (QED) is 0.212. The van der Waals surface area contributed by atoms with Crippen LogP contribution in [0.4, 0.5) is 35.1 Å². The zero-order valence-corrected chi connectivity index (χ0v) is 21.2. The van der Waals surface area contributed by atoms with Crippen LogP contribution in [0.5, 0.6) is 17.2 Å². The fraction of sp³-hybridized carbons (Fsp3) is 0.379. The number of ether oxygens (including phenoxy) is 2. The monoisotopic (exact) mass is 558 g/mol. The summed E-state index contributed by atoms with van der Waals surface area (Å²) in [6.45, 7) is 3.13. The summed E-state index contributed by atoms with van der Waals surface area (Å²) in [7, 11) is 0. The molecule has 39 heavy (non-hydrogen) atoms. The third kappa shape index (κ3) is 6.15. The maximum atomic E-state index is 15.4. The molecule has 0 amide bonds. The van der Waals surface area contributed by atoms with Gasteiger partial charge in [0, 0.05) is 16.7 Å². The highest BCUT2D eigenvalue weighted by Crippen LogP contribution is 2.47. The molecule has 0 spiro atoms. The van der Waals surface area contributed by atoms with Gasteiger partial charge in [0.05, 0.1) is 0 Å². The van der Waals surface area contributed by atoms with E-state index in [4.69, 9.17) is 4.74 Å². The summed E-state index contributed by atoms with van der Waals surface area (Å²) in [5, 5.41) is 0. The maximum absolute atomic E-state index is 15.4. The van der Waals surface area contributed by atoms with Crippen LogP contribution in [0.2, 0.25) is 0 Å². The van der Waals surface area contributed by atoms with Crippen LogP contribution < -0.4 is 9.47 Å². The predicted molar refractivity (Wildman–Crippen MR) is 129 cm³/mol. The Morgan fingerprint density at radius 1 is 0.821 bits per heavy atom. The van der Waals surface area contributed by atoms with Crippen LogP contribution >= 0.6 is 0 Å². The first kappa shape index (κ1) is 28.7. The molecule has 3 aromatic carbocycles. The van der Waals surface area contributed by atoms with Gasteiger partial charge in [-0.05, 0) is 68.2 Å². The molecule has 1 aliphatic carbocycles. The van der Waals surface area contributed by atoms with Crippen molar-refractivity contribution in [3.05, 3.63) is 76.6 Å². The smallest absolute Gasteiger partial charge is 0.453 e. The first-order chi connectivity index (χ1) is 18.4. The van der Waals surface area contributed by atoms with Crippen LogP contribution in [0.3, 0.4) is 0 Å². The van der Waals surface area contributed by atoms with E-state index in [0.717, 1.165) is 32.6 Å². The summed E-state index contributed by atoms with van der Waals surface area (Å²) in [6.07, 6.45) is -0.808. The molecule has 3 aromatic rings. The number of rotatable bonds is 7. The predicted octanol–water partition coefficient (Wildman–Crippen LogP) is 10.1. The zero-order valence-electron chi connectivity index (χ0n) is 21.2. The van der Waals surface area contributed by atoms with Gasteiger partial charge in [-0.15, -0.1) is 13.2 Å². The lowest BCUT2D eigenvalue weighted by Gasteiger charge is -2.30. The lowest BCUT2D eigenvalue weighted by molar-refractivity contribution is -0.276. The van der Waals surface area contributed by atoms with Crippen molar-refractivity contribution in [3.8, 4) is 28.4 Å². The number of halogens is 8. The van der Waals surface area contributed by atoms with Crippen molar-refractivity contribution in [3.63, 3.8) is 0 Å². The molecule has 10 heteroatoms. The van der Waals surface area contributed by atoms with E-state index in [2.05, 4.69) is 11.7 Å². The van der Waals surface area contributed by atoms with Crippen LogP contribution in [0.15, 0.2) is 36.4 Å². The zero-order chi connectivity index (χ0) is 28.5. The molecule has 2 nitrogen and oxygen atoms in total. The Balaban J connectivity index is 1.76. The Hall–Kier alpha value is -3.30. The summed E-state index contributed by atoms with van der Waals surface area (Å²) in [5.41, 5.74) is -1.09. The van der Waals surface area contributed by atoms with Crippen molar-refractivity contribution < 1.29 is 44.6 Å². The lowest BCUT2D eigenvalue weighted by atomic mass is 9.76. The average molecular weight is 559 g/mol. The SMILES string of the molecule is CCCC1CCC(c2c(F)c(F)c(C)c(F)c2Oc2ccccc2-c2cc(F)c(OC(F)(F)F)c(F)c2)CC1. The number of benzene rings is 3. The van der Waals surface area contributed by atoms with Gasteiger partial charge in [0.1, 0.15) is 5.75 Å². The van der Waals surface area contributed by atoms with E-state index < -0.39 is 58.4 Å². The molecular weight excluding hydrogens is 532 g/mol. The maximum Gasteiger partial charge on any atom is 0.573 e. The molecule has 0 N–H and O–H groups in total. The molecule has 0 saturated heterocycles. The van der Waals surface area contributed by atoms with E-state index in [9.17, 15) is 26.3 Å². The van der Waals surface area contributed by atoms with Gasteiger partial charge in [0.2, 0.25) is 5.75 Å². The van der Waals surface area contributed by atoms with E-state index in [-0.39, 0.29) is 22.4 Å². The van der Waals surface area contributed by atoms with E-state index in [1.807, 2.05) is 0 Å².